The summed E-state index contributed by atoms with van der Waals surface area (Å²) < 4.78 is 7.41. The van der Waals surface area contributed by atoms with Crippen LogP contribution in [0.15, 0.2) is 57.4 Å². The van der Waals surface area contributed by atoms with Crippen LogP contribution in [0.4, 0.5) is 5.69 Å². The Balaban J connectivity index is 2.22. The number of ether oxygens (including phenoxy) is 1. The van der Waals surface area contributed by atoms with Crippen LogP contribution in [-0.4, -0.2) is 27.4 Å². The van der Waals surface area contributed by atoms with Gasteiger partial charge >= 0.3 is 5.69 Å². The van der Waals surface area contributed by atoms with E-state index in [2.05, 4.69) is 32.6 Å². The van der Waals surface area contributed by atoms with Crippen molar-refractivity contribution in [1.82, 2.24) is 9.66 Å². The summed E-state index contributed by atoms with van der Waals surface area (Å²) in [4.78, 5) is 28.6. The number of aromatic nitrogens is 2. The standard InChI is InChI=1S/C21H18BrClN4O4/c1-4-7-31-19-13(8-15(23)10-18(19)27(29)30)11-24-26-20(12(2)3)25-17-6-5-14(22)9-16(17)21(26)28/h4-6,8-12H,1,7H2,2-3H3. The molecule has 0 fully saturated rings. The average Bonchev–Trinajstić information content (AvgIpc) is 2.71. The predicted molar refractivity (Wildman–Crippen MR) is 125 cm³/mol. The first kappa shape index (κ1) is 22.6. The lowest BCUT2D eigenvalue weighted by molar-refractivity contribution is -0.385. The van der Waals surface area contributed by atoms with Gasteiger partial charge in [-0.3, -0.25) is 14.9 Å². The van der Waals surface area contributed by atoms with Gasteiger partial charge in [-0.15, -0.1) is 0 Å². The molecule has 0 bridgehead atoms. The number of nitro groups is 1. The molecule has 0 N–H and O–H groups in total. The maximum absolute atomic E-state index is 13.1. The van der Waals surface area contributed by atoms with E-state index in [1.54, 1.807) is 18.2 Å². The first-order valence-electron chi connectivity index (χ1n) is 9.21. The third-order valence-corrected chi connectivity index (χ3v) is 4.98. The number of halogens is 2. The van der Waals surface area contributed by atoms with Crippen LogP contribution in [0.5, 0.6) is 5.75 Å². The molecule has 0 radical (unpaired) electrons. The van der Waals surface area contributed by atoms with Gasteiger partial charge in [0.1, 0.15) is 12.4 Å². The van der Waals surface area contributed by atoms with E-state index < -0.39 is 4.92 Å². The summed E-state index contributed by atoms with van der Waals surface area (Å²) in [5.41, 5.74) is 0.123. The van der Waals surface area contributed by atoms with E-state index in [-0.39, 0.29) is 40.1 Å². The molecule has 0 saturated heterocycles. The first-order chi connectivity index (χ1) is 14.7. The summed E-state index contributed by atoms with van der Waals surface area (Å²) in [5, 5.41) is 16.3. The van der Waals surface area contributed by atoms with Crippen molar-refractivity contribution in [2.24, 2.45) is 5.10 Å². The molecule has 3 rings (SSSR count). The number of rotatable bonds is 7. The van der Waals surface area contributed by atoms with E-state index in [0.717, 1.165) is 4.47 Å². The number of hydrogen-bond acceptors (Lipinski definition) is 6. The van der Waals surface area contributed by atoms with E-state index in [9.17, 15) is 14.9 Å². The van der Waals surface area contributed by atoms with Crippen molar-refractivity contribution >= 4 is 50.3 Å². The van der Waals surface area contributed by atoms with Gasteiger partial charge in [0.25, 0.3) is 5.56 Å². The Morgan fingerprint density at radius 1 is 1.39 bits per heavy atom. The van der Waals surface area contributed by atoms with E-state index in [1.165, 1.54) is 29.1 Å². The molecule has 1 heterocycles. The fourth-order valence-corrected chi connectivity index (χ4v) is 3.48. The minimum Gasteiger partial charge on any atom is -0.482 e. The topological polar surface area (TPSA) is 99.6 Å². The Hall–Kier alpha value is -3.04. The molecular formula is C21H18BrClN4O4. The van der Waals surface area contributed by atoms with E-state index in [0.29, 0.717) is 16.7 Å². The van der Waals surface area contributed by atoms with Gasteiger partial charge in [-0.05, 0) is 24.3 Å². The molecule has 8 nitrogen and oxygen atoms in total. The second kappa shape index (κ2) is 9.40. The molecule has 0 aliphatic heterocycles. The third-order valence-electron chi connectivity index (χ3n) is 4.27. The van der Waals surface area contributed by atoms with Crippen LogP contribution in [0, 0.1) is 10.1 Å². The van der Waals surface area contributed by atoms with Crippen LogP contribution in [-0.2, 0) is 0 Å². The normalized spacial score (nSPS) is 11.4. The molecule has 0 atom stereocenters. The highest BCUT2D eigenvalue weighted by molar-refractivity contribution is 9.10. The number of fused-ring (bicyclic) bond motifs is 1. The molecule has 160 valence electrons. The van der Waals surface area contributed by atoms with Gasteiger partial charge in [-0.25, -0.2) is 4.98 Å². The van der Waals surface area contributed by atoms with Crippen LogP contribution >= 0.6 is 27.5 Å². The monoisotopic (exact) mass is 504 g/mol. The fourth-order valence-electron chi connectivity index (χ4n) is 2.90. The number of hydrogen-bond donors (Lipinski definition) is 0. The lowest BCUT2D eigenvalue weighted by Crippen LogP contribution is -2.23. The van der Waals surface area contributed by atoms with Crippen molar-refractivity contribution in [3.63, 3.8) is 0 Å². The maximum atomic E-state index is 13.1. The molecule has 0 amide bonds. The molecule has 10 heteroatoms. The maximum Gasteiger partial charge on any atom is 0.313 e. The van der Waals surface area contributed by atoms with Crippen LogP contribution in [0.3, 0.4) is 0 Å². The Kier molecular flexibility index (Phi) is 6.87. The predicted octanol–water partition coefficient (Wildman–Crippen LogP) is 5.29. The van der Waals surface area contributed by atoms with Crippen LogP contribution < -0.4 is 10.3 Å². The lowest BCUT2D eigenvalue weighted by atomic mass is 10.1. The van der Waals surface area contributed by atoms with Crippen molar-refractivity contribution in [2.75, 3.05) is 6.61 Å². The second-order valence-electron chi connectivity index (χ2n) is 6.85. The molecule has 2 aromatic carbocycles. The average molecular weight is 506 g/mol. The van der Waals surface area contributed by atoms with E-state index in [4.69, 9.17) is 16.3 Å². The lowest BCUT2D eigenvalue weighted by Gasteiger charge is -2.12. The highest BCUT2D eigenvalue weighted by Crippen LogP contribution is 2.34. The molecule has 0 aliphatic carbocycles. The zero-order valence-corrected chi connectivity index (χ0v) is 19.1. The van der Waals surface area contributed by atoms with Crippen LogP contribution in [0.25, 0.3) is 10.9 Å². The summed E-state index contributed by atoms with van der Waals surface area (Å²) in [5.74, 6) is 0.318. The molecule has 3 aromatic rings. The van der Waals surface area contributed by atoms with Gasteiger partial charge < -0.3 is 4.74 Å². The Morgan fingerprint density at radius 3 is 2.77 bits per heavy atom. The minimum absolute atomic E-state index is 0.0197. The van der Waals surface area contributed by atoms with Crippen LogP contribution in [0.1, 0.15) is 31.2 Å². The molecule has 1 aromatic heterocycles. The fraction of sp³-hybridized carbons (Fsp3) is 0.190. The van der Waals surface area contributed by atoms with Crippen molar-refractivity contribution in [2.45, 2.75) is 19.8 Å². The molecular weight excluding hydrogens is 488 g/mol. The van der Waals surface area contributed by atoms with Crippen molar-refractivity contribution in [3.05, 3.63) is 84.3 Å². The van der Waals surface area contributed by atoms with Gasteiger partial charge in [0.15, 0.2) is 0 Å². The van der Waals surface area contributed by atoms with E-state index >= 15 is 0 Å². The van der Waals surface area contributed by atoms with Crippen molar-refractivity contribution < 1.29 is 9.66 Å². The van der Waals surface area contributed by atoms with Gasteiger partial charge in [0, 0.05) is 27.0 Å². The van der Waals surface area contributed by atoms with Gasteiger partial charge in [-0.2, -0.15) is 9.78 Å². The molecule has 0 unspecified atom stereocenters. The minimum atomic E-state index is -0.595. The summed E-state index contributed by atoms with van der Waals surface area (Å²) in [6.07, 6.45) is 2.77. The summed E-state index contributed by atoms with van der Waals surface area (Å²) >= 11 is 9.42. The molecule has 0 spiro atoms. The Labute approximate surface area is 191 Å². The number of nitrogens with zero attached hydrogens (tertiary/aromatic N) is 4. The molecule has 0 aliphatic rings. The largest absolute Gasteiger partial charge is 0.482 e. The first-order valence-corrected chi connectivity index (χ1v) is 10.4. The van der Waals surface area contributed by atoms with Gasteiger partial charge in [0.05, 0.1) is 22.0 Å². The second-order valence-corrected chi connectivity index (χ2v) is 8.20. The zero-order chi connectivity index (χ0) is 22.7. The molecule has 31 heavy (non-hydrogen) atoms. The smallest absolute Gasteiger partial charge is 0.313 e. The Bertz CT molecular complexity index is 1270. The van der Waals surface area contributed by atoms with Crippen molar-refractivity contribution in [1.29, 1.82) is 0 Å². The summed E-state index contributed by atoms with van der Waals surface area (Å²) in [7, 11) is 0. The quantitative estimate of drug-likeness (QED) is 0.188. The summed E-state index contributed by atoms with van der Waals surface area (Å²) in [6, 6.07) is 7.90. The number of nitro benzene ring substituents is 1. The highest BCUT2D eigenvalue weighted by Gasteiger charge is 2.21. The summed E-state index contributed by atoms with van der Waals surface area (Å²) in [6.45, 7) is 7.39. The highest BCUT2D eigenvalue weighted by atomic mass is 79.9. The van der Waals surface area contributed by atoms with Gasteiger partial charge in [0.2, 0.25) is 5.75 Å². The SMILES string of the molecule is C=CCOc1c(C=Nn2c(C(C)C)nc3ccc(Br)cc3c2=O)cc(Cl)cc1[N+](=O)[O-]. The van der Waals surface area contributed by atoms with E-state index in [1.807, 2.05) is 13.8 Å². The number of benzene rings is 2. The third kappa shape index (κ3) is 4.83. The van der Waals surface area contributed by atoms with Gasteiger partial charge in [-0.1, -0.05) is 54.0 Å². The Morgan fingerprint density at radius 2 is 2.13 bits per heavy atom. The van der Waals surface area contributed by atoms with Crippen molar-refractivity contribution in [3.8, 4) is 5.75 Å². The zero-order valence-electron chi connectivity index (χ0n) is 16.7. The molecule has 0 saturated carbocycles. The van der Waals surface area contributed by atoms with Crippen LogP contribution in [0.2, 0.25) is 5.02 Å².